The van der Waals surface area contributed by atoms with Crippen LogP contribution in [0.4, 0.5) is 4.79 Å². The van der Waals surface area contributed by atoms with Gasteiger partial charge in [0.15, 0.2) is 23.2 Å². The number of rotatable bonds is 15. The van der Waals surface area contributed by atoms with E-state index in [1.54, 1.807) is 0 Å². The zero-order valence-corrected chi connectivity index (χ0v) is 21.7. The number of nitrogens with one attached hydrogen (secondary N) is 1. The van der Waals surface area contributed by atoms with E-state index in [-0.39, 0.29) is 48.7 Å². The zero-order chi connectivity index (χ0) is 27.3. The van der Waals surface area contributed by atoms with Gasteiger partial charge in [0.1, 0.15) is 6.04 Å². The maximum absolute atomic E-state index is 12.6. The second-order valence-electron chi connectivity index (χ2n) is 7.97. The maximum atomic E-state index is 12.6. The molecule has 0 fully saturated rings. The molecule has 1 aromatic rings. The number of carbonyl (C=O) groups is 5. The van der Waals surface area contributed by atoms with Gasteiger partial charge in [-0.15, -0.1) is 0 Å². The molecule has 0 bridgehead atoms. The second-order valence-corrected chi connectivity index (χ2v) is 9.24. The van der Waals surface area contributed by atoms with Crippen molar-refractivity contribution in [2.24, 2.45) is 0 Å². The number of carbonyl (C=O) groups excluding carboxylic acids is 4. The molecule has 0 radical (unpaired) electrons. The van der Waals surface area contributed by atoms with Gasteiger partial charge >= 0.3 is 17.9 Å². The van der Waals surface area contributed by atoms with E-state index in [4.69, 9.17) is 9.15 Å². The summed E-state index contributed by atoms with van der Waals surface area (Å²) in [5.41, 5.74) is 0. The molecular formula is C22H33N3O10S. The molecule has 202 valence electrons. The van der Waals surface area contributed by atoms with Crippen LogP contribution in [-0.4, -0.2) is 82.9 Å². The first-order chi connectivity index (χ1) is 16.9. The number of unbranched alkanes of at least 4 members (excludes halogenated alkanes) is 2. The quantitative estimate of drug-likeness (QED) is 0.312. The van der Waals surface area contributed by atoms with Crippen molar-refractivity contribution in [1.29, 1.82) is 0 Å². The summed E-state index contributed by atoms with van der Waals surface area (Å²) in [4.78, 5) is 72.7. The molecular weight excluding hydrogens is 498 g/mol. The summed E-state index contributed by atoms with van der Waals surface area (Å²) in [7, 11) is 2.80. The molecule has 0 saturated carbocycles. The highest BCUT2D eigenvalue weighted by Gasteiger charge is 2.29. The van der Waals surface area contributed by atoms with E-state index in [2.05, 4.69) is 9.73 Å². The Morgan fingerprint density at radius 3 is 2.39 bits per heavy atom. The van der Waals surface area contributed by atoms with Gasteiger partial charge in [-0.1, -0.05) is 18.2 Å². The van der Waals surface area contributed by atoms with Crippen molar-refractivity contribution in [3.63, 3.8) is 0 Å². The molecule has 2 N–H and O–H groups in total. The third kappa shape index (κ3) is 11.4. The van der Waals surface area contributed by atoms with Gasteiger partial charge in [-0.3, -0.25) is 19.2 Å². The zero-order valence-electron chi connectivity index (χ0n) is 20.9. The van der Waals surface area contributed by atoms with Crippen LogP contribution in [0.2, 0.25) is 0 Å². The van der Waals surface area contributed by atoms with E-state index in [0.717, 1.165) is 17.7 Å². The third-order valence-electron chi connectivity index (χ3n) is 5.09. The number of hydrogen-bond acceptors (Lipinski definition) is 10. The average Bonchev–Trinajstić information content (AvgIpc) is 3.13. The number of carboxylic acid groups (broad SMARTS) is 1. The lowest BCUT2D eigenvalue weighted by Crippen LogP contribution is -2.50. The summed E-state index contributed by atoms with van der Waals surface area (Å²) in [5, 5.41) is 11.8. The van der Waals surface area contributed by atoms with Crippen LogP contribution in [0.3, 0.4) is 0 Å². The molecule has 0 unspecified atom stereocenters. The molecule has 0 aliphatic rings. The molecule has 0 spiro atoms. The van der Waals surface area contributed by atoms with Crippen LogP contribution in [0.1, 0.15) is 50.5 Å². The Bertz CT molecular complexity index is 974. The standard InChI is InChI=1S/C22H33N3O10S/c1-14-17(35-22(32)34-14)13-33-21(31)24(3)10-9-23-20(30)16(12-19(28)29)25(4)18(27)8-6-5-7-11-36-15(2)26/h16H,5-13H2,1-4H3,(H,23,30)(H,28,29)/t16-/m0/s1. The molecule has 1 heterocycles. The predicted molar refractivity (Wildman–Crippen MR) is 128 cm³/mol. The SMILES string of the molecule is CC(=O)SCCCCCC(=O)N(C)[C@@H](CC(=O)O)C(=O)NCCN(C)C(=O)OCc1oc(=O)oc1C. The number of thioether (sulfide) groups is 1. The normalized spacial score (nSPS) is 11.4. The minimum absolute atomic E-state index is 0.0176. The lowest BCUT2D eigenvalue weighted by Gasteiger charge is -2.26. The van der Waals surface area contributed by atoms with E-state index in [0.29, 0.717) is 12.2 Å². The molecule has 0 aliphatic heterocycles. The van der Waals surface area contributed by atoms with E-state index < -0.39 is 36.3 Å². The number of carboxylic acids is 1. The first-order valence-corrected chi connectivity index (χ1v) is 12.3. The molecule has 1 rings (SSSR count). The summed E-state index contributed by atoms with van der Waals surface area (Å²) in [6, 6.07) is -1.22. The fourth-order valence-corrected chi connectivity index (χ4v) is 3.63. The van der Waals surface area contributed by atoms with Crippen molar-refractivity contribution < 1.29 is 42.7 Å². The number of likely N-dealkylation sites (N-methyl/N-ethyl adjacent to an activating group) is 2. The van der Waals surface area contributed by atoms with Crippen LogP contribution in [0, 0.1) is 6.92 Å². The minimum atomic E-state index is -1.24. The van der Waals surface area contributed by atoms with Crippen LogP contribution in [0.5, 0.6) is 0 Å². The Labute approximate surface area is 212 Å². The van der Waals surface area contributed by atoms with Gasteiger partial charge in [0.25, 0.3) is 0 Å². The van der Waals surface area contributed by atoms with Gasteiger partial charge in [-0.05, 0) is 19.8 Å². The predicted octanol–water partition coefficient (Wildman–Crippen LogP) is 1.37. The lowest BCUT2D eigenvalue weighted by molar-refractivity contribution is -0.145. The summed E-state index contributed by atoms with van der Waals surface area (Å²) in [6.45, 7) is 2.69. The number of aryl methyl sites for hydroxylation is 1. The fourth-order valence-electron chi connectivity index (χ4n) is 2.99. The minimum Gasteiger partial charge on any atom is -0.481 e. The topological polar surface area (TPSA) is 177 Å². The van der Waals surface area contributed by atoms with Gasteiger partial charge < -0.3 is 33.8 Å². The van der Waals surface area contributed by atoms with Crippen molar-refractivity contribution in [2.75, 3.05) is 32.9 Å². The Balaban J connectivity index is 2.48. The summed E-state index contributed by atoms with van der Waals surface area (Å²) < 4.78 is 14.4. The molecule has 1 atom stereocenters. The molecule has 0 aromatic carbocycles. The fraction of sp³-hybridized carbons (Fsp3) is 0.636. The van der Waals surface area contributed by atoms with E-state index in [1.165, 1.54) is 44.6 Å². The summed E-state index contributed by atoms with van der Waals surface area (Å²) in [5.74, 6) is -2.23. The first-order valence-electron chi connectivity index (χ1n) is 11.3. The molecule has 0 saturated heterocycles. The monoisotopic (exact) mass is 531 g/mol. The highest BCUT2D eigenvalue weighted by Crippen LogP contribution is 2.12. The van der Waals surface area contributed by atoms with E-state index in [1.807, 2.05) is 0 Å². The maximum Gasteiger partial charge on any atom is 0.519 e. The first kappa shape index (κ1) is 30.7. The molecule has 13 nitrogen and oxygen atoms in total. The molecule has 3 amide bonds. The molecule has 1 aromatic heterocycles. The molecule has 14 heteroatoms. The van der Waals surface area contributed by atoms with Crippen LogP contribution in [0.25, 0.3) is 0 Å². The number of aliphatic carboxylic acids is 1. The number of amides is 3. The summed E-state index contributed by atoms with van der Waals surface area (Å²) in [6.07, 6.45) is 0.879. The number of ether oxygens (including phenoxy) is 1. The largest absolute Gasteiger partial charge is 0.519 e. The summed E-state index contributed by atoms with van der Waals surface area (Å²) >= 11 is 1.22. The molecule has 36 heavy (non-hydrogen) atoms. The van der Waals surface area contributed by atoms with Crippen molar-refractivity contribution in [2.45, 2.75) is 58.6 Å². The Morgan fingerprint density at radius 1 is 1.11 bits per heavy atom. The van der Waals surface area contributed by atoms with Gasteiger partial charge in [-0.25, -0.2) is 9.59 Å². The van der Waals surface area contributed by atoms with Crippen molar-refractivity contribution in [3.05, 3.63) is 22.1 Å². The van der Waals surface area contributed by atoms with Gasteiger partial charge in [0.2, 0.25) is 11.8 Å². The van der Waals surface area contributed by atoms with Gasteiger partial charge in [0, 0.05) is 46.3 Å². The smallest absolute Gasteiger partial charge is 0.481 e. The Morgan fingerprint density at radius 2 is 1.81 bits per heavy atom. The Hall–Kier alpha value is -3.29. The second kappa shape index (κ2) is 15.7. The van der Waals surface area contributed by atoms with Crippen molar-refractivity contribution >= 4 is 40.8 Å². The van der Waals surface area contributed by atoms with E-state index >= 15 is 0 Å². The Kier molecular flexibility index (Phi) is 13.4. The van der Waals surface area contributed by atoms with Crippen LogP contribution in [-0.2, 0) is 30.5 Å². The van der Waals surface area contributed by atoms with Crippen molar-refractivity contribution in [1.82, 2.24) is 15.1 Å². The van der Waals surface area contributed by atoms with Crippen LogP contribution in [0.15, 0.2) is 13.6 Å². The highest BCUT2D eigenvalue weighted by molar-refractivity contribution is 8.13. The number of hydrogen-bond donors (Lipinski definition) is 2. The third-order valence-corrected chi connectivity index (χ3v) is 5.99. The average molecular weight is 532 g/mol. The van der Waals surface area contributed by atoms with Crippen molar-refractivity contribution in [3.8, 4) is 0 Å². The van der Waals surface area contributed by atoms with Crippen LogP contribution >= 0.6 is 11.8 Å². The van der Waals surface area contributed by atoms with E-state index in [9.17, 15) is 33.9 Å². The lowest BCUT2D eigenvalue weighted by atomic mass is 10.1. The number of nitrogens with zero attached hydrogens (tertiary/aromatic N) is 2. The van der Waals surface area contributed by atoms with Gasteiger partial charge in [-0.2, -0.15) is 0 Å². The van der Waals surface area contributed by atoms with Crippen LogP contribution < -0.4 is 11.1 Å². The van der Waals surface area contributed by atoms with Gasteiger partial charge in [0.05, 0.1) is 6.42 Å². The molecule has 0 aliphatic carbocycles. The highest BCUT2D eigenvalue weighted by atomic mass is 32.2.